The summed E-state index contributed by atoms with van der Waals surface area (Å²) >= 11 is 0. The van der Waals surface area contributed by atoms with Crippen molar-refractivity contribution in [2.24, 2.45) is 5.92 Å². The van der Waals surface area contributed by atoms with E-state index >= 15 is 0 Å². The summed E-state index contributed by atoms with van der Waals surface area (Å²) in [4.78, 5) is 26.6. The average Bonchev–Trinajstić information content (AvgIpc) is 3.15. The standard InChI is InChI=1S/C14H24N2O2/c1-4-6-9(3)16-12(10-7-8-10)13(17)15-11(5-2)14(16)18/h9-12H,4-8H2,1-3H3,(H,15,17). The van der Waals surface area contributed by atoms with Crippen molar-refractivity contribution in [1.82, 2.24) is 10.2 Å². The molecule has 0 aromatic heterocycles. The van der Waals surface area contributed by atoms with Gasteiger partial charge in [-0.2, -0.15) is 0 Å². The monoisotopic (exact) mass is 252 g/mol. The summed E-state index contributed by atoms with van der Waals surface area (Å²) < 4.78 is 0. The van der Waals surface area contributed by atoms with Gasteiger partial charge in [-0.1, -0.05) is 20.3 Å². The van der Waals surface area contributed by atoms with Crippen LogP contribution in [-0.2, 0) is 9.59 Å². The minimum atomic E-state index is -0.313. The van der Waals surface area contributed by atoms with Crippen LogP contribution in [-0.4, -0.2) is 34.8 Å². The van der Waals surface area contributed by atoms with Crippen LogP contribution < -0.4 is 5.32 Å². The third-order valence-electron chi connectivity index (χ3n) is 4.10. The van der Waals surface area contributed by atoms with Gasteiger partial charge in [0.2, 0.25) is 11.8 Å². The first-order valence-electron chi connectivity index (χ1n) is 7.22. The highest BCUT2D eigenvalue weighted by Crippen LogP contribution is 2.38. The Morgan fingerprint density at radius 2 is 2.00 bits per heavy atom. The third-order valence-corrected chi connectivity index (χ3v) is 4.10. The molecular weight excluding hydrogens is 228 g/mol. The van der Waals surface area contributed by atoms with Gasteiger partial charge in [0.1, 0.15) is 12.1 Å². The van der Waals surface area contributed by atoms with Gasteiger partial charge in [-0.3, -0.25) is 9.59 Å². The molecule has 2 amide bonds. The number of carbonyl (C=O) groups excluding carboxylic acids is 2. The molecule has 0 aromatic carbocycles. The Balaban J connectivity index is 2.21. The molecule has 1 heterocycles. The maximum Gasteiger partial charge on any atom is 0.246 e. The molecule has 0 aromatic rings. The predicted molar refractivity (Wildman–Crippen MR) is 69.9 cm³/mol. The number of hydrogen-bond acceptors (Lipinski definition) is 2. The van der Waals surface area contributed by atoms with Crippen LogP contribution in [0.1, 0.15) is 52.9 Å². The first kappa shape index (κ1) is 13.4. The Hall–Kier alpha value is -1.06. The lowest BCUT2D eigenvalue weighted by Gasteiger charge is -2.42. The van der Waals surface area contributed by atoms with E-state index in [0.29, 0.717) is 12.3 Å². The molecule has 102 valence electrons. The van der Waals surface area contributed by atoms with Crippen LogP contribution in [0, 0.1) is 5.92 Å². The fourth-order valence-electron chi connectivity index (χ4n) is 2.94. The SMILES string of the molecule is CCCC(C)N1C(=O)C(CC)NC(=O)C1C1CC1. The lowest BCUT2D eigenvalue weighted by molar-refractivity contribution is -0.153. The molecule has 0 spiro atoms. The fourth-order valence-corrected chi connectivity index (χ4v) is 2.94. The second kappa shape index (κ2) is 5.29. The molecule has 0 radical (unpaired) electrons. The Labute approximate surface area is 109 Å². The maximum atomic E-state index is 12.5. The second-order valence-electron chi connectivity index (χ2n) is 5.63. The smallest absolute Gasteiger partial charge is 0.246 e. The van der Waals surface area contributed by atoms with Gasteiger partial charge in [0.15, 0.2) is 0 Å². The number of nitrogens with zero attached hydrogens (tertiary/aromatic N) is 1. The quantitative estimate of drug-likeness (QED) is 0.809. The third kappa shape index (κ3) is 2.38. The molecule has 1 aliphatic carbocycles. The van der Waals surface area contributed by atoms with Crippen molar-refractivity contribution in [2.45, 2.75) is 71.0 Å². The number of amides is 2. The summed E-state index contributed by atoms with van der Waals surface area (Å²) in [6.45, 7) is 6.14. The summed E-state index contributed by atoms with van der Waals surface area (Å²) in [5, 5.41) is 2.88. The molecule has 1 aliphatic heterocycles. The van der Waals surface area contributed by atoms with Crippen LogP contribution >= 0.6 is 0 Å². The number of hydrogen-bond donors (Lipinski definition) is 1. The van der Waals surface area contributed by atoms with Crippen molar-refractivity contribution >= 4 is 11.8 Å². The highest BCUT2D eigenvalue weighted by atomic mass is 16.2. The zero-order chi connectivity index (χ0) is 13.3. The van der Waals surface area contributed by atoms with E-state index < -0.39 is 0 Å². The van der Waals surface area contributed by atoms with Gasteiger partial charge >= 0.3 is 0 Å². The highest BCUT2D eigenvalue weighted by Gasteiger charge is 2.48. The first-order chi connectivity index (χ1) is 8.60. The molecule has 1 saturated carbocycles. The molecule has 0 bridgehead atoms. The largest absolute Gasteiger partial charge is 0.343 e. The zero-order valence-corrected chi connectivity index (χ0v) is 11.6. The number of rotatable bonds is 5. The Kier molecular flexibility index (Phi) is 3.93. The molecule has 4 nitrogen and oxygen atoms in total. The molecule has 2 rings (SSSR count). The fraction of sp³-hybridized carbons (Fsp3) is 0.857. The second-order valence-corrected chi connectivity index (χ2v) is 5.63. The maximum absolute atomic E-state index is 12.5. The van der Waals surface area contributed by atoms with E-state index in [9.17, 15) is 9.59 Å². The van der Waals surface area contributed by atoms with Gasteiger partial charge in [-0.25, -0.2) is 0 Å². The van der Waals surface area contributed by atoms with Gasteiger partial charge in [0, 0.05) is 6.04 Å². The summed E-state index contributed by atoms with van der Waals surface area (Å²) in [6.07, 6.45) is 4.85. The lowest BCUT2D eigenvalue weighted by atomic mass is 9.98. The summed E-state index contributed by atoms with van der Waals surface area (Å²) in [6, 6.07) is -0.346. The summed E-state index contributed by atoms with van der Waals surface area (Å²) in [7, 11) is 0. The number of carbonyl (C=O) groups is 2. The Bertz CT molecular complexity index is 339. The van der Waals surface area contributed by atoms with E-state index in [0.717, 1.165) is 25.7 Å². The minimum absolute atomic E-state index is 0.0619. The predicted octanol–water partition coefficient (Wildman–Crippen LogP) is 1.69. The van der Waals surface area contributed by atoms with Gasteiger partial charge < -0.3 is 10.2 Å². The topological polar surface area (TPSA) is 49.4 Å². The van der Waals surface area contributed by atoms with E-state index in [4.69, 9.17) is 0 Å². The molecule has 2 aliphatic rings. The van der Waals surface area contributed by atoms with Crippen molar-refractivity contribution < 1.29 is 9.59 Å². The highest BCUT2D eigenvalue weighted by molar-refractivity contribution is 5.97. The molecule has 1 N–H and O–H groups in total. The normalized spacial score (nSPS) is 30.3. The summed E-state index contributed by atoms with van der Waals surface area (Å²) in [5.41, 5.74) is 0. The average molecular weight is 252 g/mol. The van der Waals surface area contributed by atoms with Gasteiger partial charge in [0.25, 0.3) is 0 Å². The molecule has 3 unspecified atom stereocenters. The van der Waals surface area contributed by atoms with Crippen molar-refractivity contribution in [3.8, 4) is 0 Å². The number of piperazine rings is 1. The molecular formula is C14H24N2O2. The van der Waals surface area contributed by atoms with E-state index in [1.54, 1.807) is 0 Å². The summed E-state index contributed by atoms with van der Waals surface area (Å²) in [5.74, 6) is 0.577. The van der Waals surface area contributed by atoms with Crippen LogP contribution in [0.3, 0.4) is 0 Å². The number of nitrogens with one attached hydrogen (secondary N) is 1. The molecule has 1 saturated heterocycles. The van der Waals surface area contributed by atoms with Crippen molar-refractivity contribution in [2.75, 3.05) is 0 Å². The van der Waals surface area contributed by atoms with E-state index in [2.05, 4.69) is 19.2 Å². The van der Waals surface area contributed by atoms with Gasteiger partial charge in [0.05, 0.1) is 0 Å². The van der Waals surface area contributed by atoms with Crippen molar-refractivity contribution in [3.63, 3.8) is 0 Å². The van der Waals surface area contributed by atoms with E-state index in [1.165, 1.54) is 0 Å². The van der Waals surface area contributed by atoms with Crippen LogP contribution in [0.15, 0.2) is 0 Å². The van der Waals surface area contributed by atoms with Crippen LogP contribution in [0.4, 0.5) is 0 Å². The zero-order valence-electron chi connectivity index (χ0n) is 11.6. The van der Waals surface area contributed by atoms with Crippen LogP contribution in [0.25, 0.3) is 0 Å². The minimum Gasteiger partial charge on any atom is -0.343 e. The molecule has 2 fully saturated rings. The van der Waals surface area contributed by atoms with E-state index in [-0.39, 0.29) is 29.9 Å². The van der Waals surface area contributed by atoms with Crippen LogP contribution in [0.2, 0.25) is 0 Å². The van der Waals surface area contributed by atoms with Crippen molar-refractivity contribution in [1.29, 1.82) is 0 Å². The lowest BCUT2D eigenvalue weighted by Crippen LogP contribution is -2.65. The van der Waals surface area contributed by atoms with Crippen molar-refractivity contribution in [3.05, 3.63) is 0 Å². The molecule has 3 atom stereocenters. The Morgan fingerprint density at radius 3 is 2.50 bits per heavy atom. The van der Waals surface area contributed by atoms with E-state index in [1.807, 2.05) is 11.8 Å². The molecule has 4 heteroatoms. The molecule has 18 heavy (non-hydrogen) atoms. The van der Waals surface area contributed by atoms with Gasteiger partial charge in [-0.15, -0.1) is 0 Å². The van der Waals surface area contributed by atoms with Crippen LogP contribution in [0.5, 0.6) is 0 Å². The van der Waals surface area contributed by atoms with Gasteiger partial charge in [-0.05, 0) is 38.5 Å². The first-order valence-corrected chi connectivity index (χ1v) is 7.22. The Morgan fingerprint density at radius 1 is 1.33 bits per heavy atom.